The minimum absolute atomic E-state index is 0.309. The molecule has 0 amide bonds. The molecule has 5 heteroatoms. The Bertz CT molecular complexity index is 370. The van der Waals surface area contributed by atoms with Gasteiger partial charge in [0.15, 0.2) is 0 Å². The highest BCUT2D eigenvalue weighted by Gasteiger charge is 1.89. The third-order valence-electron chi connectivity index (χ3n) is 1.49. The van der Waals surface area contributed by atoms with Gasteiger partial charge in [-0.3, -0.25) is 0 Å². The van der Waals surface area contributed by atoms with Crippen LogP contribution in [0, 0.1) is 0 Å². The molecule has 0 spiro atoms. The van der Waals surface area contributed by atoms with Crippen LogP contribution in [0.1, 0.15) is 0 Å². The van der Waals surface area contributed by atoms with E-state index in [2.05, 4.69) is 25.2 Å². The van der Waals surface area contributed by atoms with E-state index < -0.39 is 0 Å². The molecule has 14 heavy (non-hydrogen) atoms. The SMILES string of the molecule is c1ccc(/N=N/c2ncncn2)cc1. The highest BCUT2D eigenvalue weighted by atomic mass is 15.2. The van der Waals surface area contributed by atoms with Gasteiger partial charge in [-0.1, -0.05) is 18.2 Å². The summed E-state index contributed by atoms with van der Waals surface area (Å²) in [4.78, 5) is 11.3. The Kier molecular flexibility index (Phi) is 2.51. The van der Waals surface area contributed by atoms with Crippen molar-refractivity contribution in [3.8, 4) is 0 Å². The summed E-state index contributed by atoms with van der Waals surface area (Å²) in [6, 6.07) is 9.40. The predicted molar refractivity (Wildman–Crippen MR) is 50.4 cm³/mol. The lowest BCUT2D eigenvalue weighted by Gasteiger charge is -1.89. The van der Waals surface area contributed by atoms with Gasteiger partial charge in [0.1, 0.15) is 12.7 Å². The molecule has 0 aliphatic heterocycles. The van der Waals surface area contributed by atoms with E-state index in [9.17, 15) is 0 Å². The number of nitrogens with zero attached hydrogens (tertiary/aromatic N) is 5. The molecule has 0 saturated carbocycles. The van der Waals surface area contributed by atoms with Gasteiger partial charge in [-0.25, -0.2) is 4.98 Å². The fourth-order valence-electron chi connectivity index (χ4n) is 0.882. The van der Waals surface area contributed by atoms with Crippen LogP contribution in [0.3, 0.4) is 0 Å². The lowest BCUT2D eigenvalue weighted by atomic mass is 10.3. The van der Waals surface area contributed by atoms with Crippen LogP contribution in [-0.2, 0) is 0 Å². The molecule has 0 aliphatic carbocycles. The van der Waals surface area contributed by atoms with Crippen LogP contribution in [0.2, 0.25) is 0 Å². The largest absolute Gasteiger partial charge is 0.271 e. The molecule has 1 aromatic heterocycles. The molecule has 5 nitrogen and oxygen atoms in total. The first-order chi connectivity index (χ1) is 6.95. The monoisotopic (exact) mass is 185 g/mol. The van der Waals surface area contributed by atoms with Crippen LogP contribution in [0.5, 0.6) is 0 Å². The smallest absolute Gasteiger partial charge is 0.225 e. The average molecular weight is 185 g/mol. The summed E-state index contributed by atoms with van der Waals surface area (Å²) >= 11 is 0. The number of rotatable bonds is 2. The van der Waals surface area contributed by atoms with Gasteiger partial charge in [-0.05, 0) is 12.1 Å². The van der Waals surface area contributed by atoms with Crippen molar-refractivity contribution in [2.24, 2.45) is 10.2 Å². The van der Waals surface area contributed by atoms with Crippen LogP contribution >= 0.6 is 0 Å². The molecule has 0 radical (unpaired) electrons. The Balaban J connectivity index is 2.16. The second-order valence-electron chi connectivity index (χ2n) is 2.47. The first kappa shape index (κ1) is 8.43. The van der Waals surface area contributed by atoms with Gasteiger partial charge in [0.05, 0.1) is 5.69 Å². The van der Waals surface area contributed by atoms with Gasteiger partial charge in [0.25, 0.3) is 5.95 Å². The van der Waals surface area contributed by atoms with Crippen LogP contribution in [0.15, 0.2) is 53.2 Å². The second kappa shape index (κ2) is 4.18. The number of hydrogen-bond donors (Lipinski definition) is 0. The Labute approximate surface area is 80.6 Å². The minimum Gasteiger partial charge on any atom is -0.225 e. The highest BCUT2D eigenvalue weighted by molar-refractivity contribution is 5.35. The Hall–Kier alpha value is -2.17. The van der Waals surface area contributed by atoms with Crippen molar-refractivity contribution < 1.29 is 0 Å². The number of azo groups is 1. The molecule has 0 aliphatic rings. The van der Waals surface area contributed by atoms with E-state index in [1.807, 2.05) is 30.3 Å². The third-order valence-corrected chi connectivity index (χ3v) is 1.49. The summed E-state index contributed by atoms with van der Waals surface area (Å²) in [6.07, 6.45) is 2.76. The van der Waals surface area contributed by atoms with Gasteiger partial charge < -0.3 is 0 Å². The van der Waals surface area contributed by atoms with Gasteiger partial charge >= 0.3 is 0 Å². The summed E-state index contributed by atoms with van der Waals surface area (Å²) < 4.78 is 0. The van der Waals surface area contributed by atoms with Crippen LogP contribution in [-0.4, -0.2) is 15.0 Å². The maximum absolute atomic E-state index is 3.95. The topological polar surface area (TPSA) is 63.4 Å². The molecule has 2 aromatic rings. The average Bonchev–Trinajstić information content (AvgIpc) is 2.29. The van der Waals surface area contributed by atoms with Crippen LogP contribution in [0.25, 0.3) is 0 Å². The zero-order valence-corrected chi connectivity index (χ0v) is 7.28. The number of benzene rings is 1. The first-order valence-corrected chi connectivity index (χ1v) is 4.04. The van der Waals surface area contributed by atoms with E-state index in [1.165, 1.54) is 12.7 Å². The molecular formula is C9H7N5. The fourth-order valence-corrected chi connectivity index (χ4v) is 0.882. The third kappa shape index (κ3) is 2.16. The lowest BCUT2D eigenvalue weighted by Crippen LogP contribution is -1.79. The fraction of sp³-hybridized carbons (Fsp3) is 0. The lowest BCUT2D eigenvalue weighted by molar-refractivity contribution is 1.000. The molecular weight excluding hydrogens is 178 g/mol. The van der Waals surface area contributed by atoms with Gasteiger partial charge in [-0.2, -0.15) is 9.97 Å². The van der Waals surface area contributed by atoms with Crippen LogP contribution in [0.4, 0.5) is 11.6 Å². The van der Waals surface area contributed by atoms with E-state index in [0.717, 1.165) is 5.69 Å². The van der Waals surface area contributed by atoms with E-state index in [-0.39, 0.29) is 0 Å². The number of hydrogen-bond acceptors (Lipinski definition) is 5. The van der Waals surface area contributed by atoms with Crippen molar-refractivity contribution >= 4 is 11.6 Å². The van der Waals surface area contributed by atoms with Gasteiger partial charge in [0.2, 0.25) is 0 Å². The summed E-state index contributed by atoms with van der Waals surface area (Å²) in [7, 11) is 0. The molecule has 1 heterocycles. The van der Waals surface area contributed by atoms with Gasteiger partial charge in [-0.15, -0.1) is 10.2 Å². The highest BCUT2D eigenvalue weighted by Crippen LogP contribution is 2.12. The van der Waals surface area contributed by atoms with E-state index >= 15 is 0 Å². The molecule has 2 rings (SSSR count). The maximum atomic E-state index is 3.95. The van der Waals surface area contributed by atoms with Crippen LogP contribution < -0.4 is 0 Å². The molecule has 0 fully saturated rings. The first-order valence-electron chi connectivity index (χ1n) is 4.04. The van der Waals surface area contributed by atoms with Crippen molar-refractivity contribution in [1.29, 1.82) is 0 Å². The summed E-state index contributed by atoms with van der Waals surface area (Å²) in [5.74, 6) is 0.309. The van der Waals surface area contributed by atoms with Crippen molar-refractivity contribution in [3.63, 3.8) is 0 Å². The number of aromatic nitrogens is 3. The molecule has 0 unspecified atom stereocenters. The maximum Gasteiger partial charge on any atom is 0.271 e. The standard InChI is InChI=1S/C9H7N5/c1-2-4-8(5-3-1)13-14-9-11-6-10-7-12-9/h1-7H/b14-13+. The molecule has 68 valence electrons. The van der Waals surface area contributed by atoms with Crippen molar-refractivity contribution in [1.82, 2.24) is 15.0 Å². The molecule has 1 aromatic carbocycles. The summed E-state index contributed by atoms with van der Waals surface area (Å²) in [6.45, 7) is 0. The predicted octanol–water partition coefficient (Wildman–Crippen LogP) is 2.29. The summed E-state index contributed by atoms with van der Waals surface area (Å²) in [5.41, 5.74) is 0.771. The van der Waals surface area contributed by atoms with E-state index in [4.69, 9.17) is 0 Å². The quantitative estimate of drug-likeness (QED) is 0.674. The Morgan fingerprint density at radius 2 is 1.57 bits per heavy atom. The van der Waals surface area contributed by atoms with E-state index in [0.29, 0.717) is 5.95 Å². The molecule has 0 bridgehead atoms. The Morgan fingerprint density at radius 3 is 2.29 bits per heavy atom. The van der Waals surface area contributed by atoms with Gasteiger partial charge in [0, 0.05) is 0 Å². The molecule has 0 atom stereocenters. The zero-order valence-electron chi connectivity index (χ0n) is 7.28. The normalized spacial score (nSPS) is 10.6. The molecule has 0 saturated heterocycles. The zero-order chi connectivity index (χ0) is 9.64. The summed E-state index contributed by atoms with van der Waals surface area (Å²) in [5, 5.41) is 7.79. The van der Waals surface area contributed by atoms with Crippen molar-refractivity contribution in [2.75, 3.05) is 0 Å². The van der Waals surface area contributed by atoms with Crippen molar-refractivity contribution in [2.45, 2.75) is 0 Å². The Morgan fingerprint density at radius 1 is 0.857 bits per heavy atom. The molecule has 0 N–H and O–H groups in total. The minimum atomic E-state index is 0.309. The van der Waals surface area contributed by atoms with E-state index in [1.54, 1.807) is 0 Å². The second-order valence-corrected chi connectivity index (χ2v) is 2.47. The van der Waals surface area contributed by atoms with Crippen molar-refractivity contribution in [3.05, 3.63) is 43.0 Å².